The number of methoxy groups -OCH3 is 1. The highest BCUT2D eigenvalue weighted by atomic mass is 16.5. The van der Waals surface area contributed by atoms with E-state index in [1.54, 1.807) is 7.11 Å². The molecule has 0 saturated heterocycles. The number of nitrogens with zero attached hydrogens (tertiary/aromatic N) is 2. The smallest absolute Gasteiger partial charge is 0.230 e. The quantitative estimate of drug-likeness (QED) is 0.837. The molecule has 0 aromatic carbocycles. The molecule has 5 nitrogen and oxygen atoms in total. The fourth-order valence-electron chi connectivity index (χ4n) is 2.23. The van der Waals surface area contributed by atoms with Gasteiger partial charge in [0.1, 0.15) is 6.10 Å². The molecule has 1 heterocycles. The summed E-state index contributed by atoms with van der Waals surface area (Å²) in [7, 11) is 1.69. The molecule has 5 heteroatoms. The van der Waals surface area contributed by atoms with Crippen molar-refractivity contribution in [2.45, 2.75) is 43.8 Å². The minimum atomic E-state index is -0.193. The van der Waals surface area contributed by atoms with Crippen molar-refractivity contribution in [1.82, 2.24) is 10.1 Å². The first-order valence-electron chi connectivity index (χ1n) is 5.82. The molecule has 1 aromatic rings. The highest BCUT2D eigenvalue weighted by Gasteiger charge is 2.38. The van der Waals surface area contributed by atoms with Crippen molar-refractivity contribution in [3.8, 4) is 0 Å². The fraction of sp³-hybridized carbons (Fsp3) is 0.818. The van der Waals surface area contributed by atoms with E-state index in [1.807, 2.05) is 0 Å². The average Bonchev–Trinajstić information content (AvgIpc) is 2.94. The Labute approximate surface area is 93.8 Å². The number of hydrogen-bond donors (Lipinski definition) is 1. The van der Waals surface area contributed by atoms with E-state index in [-0.39, 0.29) is 18.1 Å². The van der Waals surface area contributed by atoms with E-state index >= 15 is 0 Å². The number of hydrogen-bond acceptors (Lipinski definition) is 5. The number of rotatable bonds is 4. The SMILES string of the molecule is COC(c1noc(C2CC(O)C2)n1)C1CC1. The van der Waals surface area contributed by atoms with Gasteiger partial charge in [-0.15, -0.1) is 0 Å². The van der Waals surface area contributed by atoms with Crippen LogP contribution < -0.4 is 0 Å². The lowest BCUT2D eigenvalue weighted by atomic mass is 9.82. The van der Waals surface area contributed by atoms with Crippen molar-refractivity contribution in [3.05, 3.63) is 11.7 Å². The highest BCUT2D eigenvalue weighted by Crippen LogP contribution is 2.43. The second-order valence-corrected chi connectivity index (χ2v) is 4.81. The van der Waals surface area contributed by atoms with Gasteiger partial charge < -0.3 is 14.4 Å². The van der Waals surface area contributed by atoms with Gasteiger partial charge in [0.15, 0.2) is 0 Å². The van der Waals surface area contributed by atoms with E-state index in [2.05, 4.69) is 10.1 Å². The number of aliphatic hydroxyl groups excluding tert-OH is 1. The molecule has 0 amide bonds. The monoisotopic (exact) mass is 224 g/mol. The van der Waals surface area contributed by atoms with E-state index in [0.29, 0.717) is 17.6 Å². The summed E-state index contributed by atoms with van der Waals surface area (Å²) in [6.07, 6.45) is 3.64. The summed E-state index contributed by atoms with van der Waals surface area (Å²) >= 11 is 0. The van der Waals surface area contributed by atoms with Crippen LogP contribution in [0.25, 0.3) is 0 Å². The molecule has 0 aliphatic heterocycles. The van der Waals surface area contributed by atoms with Crippen LogP contribution in [0.4, 0.5) is 0 Å². The van der Waals surface area contributed by atoms with Crippen molar-refractivity contribution >= 4 is 0 Å². The van der Waals surface area contributed by atoms with E-state index in [9.17, 15) is 5.11 Å². The summed E-state index contributed by atoms with van der Waals surface area (Å²) in [5.74, 6) is 2.12. The average molecular weight is 224 g/mol. The summed E-state index contributed by atoms with van der Waals surface area (Å²) < 4.78 is 10.6. The Balaban J connectivity index is 1.71. The molecule has 2 aliphatic carbocycles. The van der Waals surface area contributed by atoms with Crippen molar-refractivity contribution < 1.29 is 14.4 Å². The Morgan fingerprint density at radius 1 is 1.44 bits per heavy atom. The zero-order valence-corrected chi connectivity index (χ0v) is 9.30. The maximum atomic E-state index is 9.23. The molecule has 0 bridgehead atoms. The van der Waals surface area contributed by atoms with Gasteiger partial charge in [-0.1, -0.05) is 5.16 Å². The third kappa shape index (κ3) is 1.74. The molecule has 1 N–H and O–H groups in total. The van der Waals surface area contributed by atoms with Crippen LogP contribution in [-0.2, 0) is 4.74 Å². The van der Waals surface area contributed by atoms with E-state index < -0.39 is 0 Å². The fourth-order valence-corrected chi connectivity index (χ4v) is 2.23. The van der Waals surface area contributed by atoms with Crippen LogP contribution in [0.15, 0.2) is 4.52 Å². The van der Waals surface area contributed by atoms with Crippen LogP contribution in [0.5, 0.6) is 0 Å². The predicted octanol–water partition coefficient (Wildman–Crippen LogP) is 1.41. The second-order valence-electron chi connectivity index (χ2n) is 4.81. The van der Waals surface area contributed by atoms with Crippen molar-refractivity contribution in [2.75, 3.05) is 7.11 Å². The standard InChI is InChI=1S/C11H16N2O3/c1-15-9(6-2-3-6)10-12-11(16-13-10)7-4-8(14)5-7/h6-9,14H,2-5H2,1H3. The van der Waals surface area contributed by atoms with E-state index in [0.717, 1.165) is 12.8 Å². The number of ether oxygens (including phenoxy) is 1. The molecule has 16 heavy (non-hydrogen) atoms. The van der Waals surface area contributed by atoms with Gasteiger partial charge in [-0.05, 0) is 31.6 Å². The maximum Gasteiger partial charge on any atom is 0.230 e. The summed E-state index contributed by atoms with van der Waals surface area (Å²) in [4.78, 5) is 4.39. The third-order valence-electron chi connectivity index (χ3n) is 3.48. The molecule has 0 radical (unpaired) electrons. The summed E-state index contributed by atoms with van der Waals surface area (Å²) in [5.41, 5.74) is 0. The lowest BCUT2D eigenvalue weighted by molar-refractivity contribution is 0.0623. The highest BCUT2D eigenvalue weighted by molar-refractivity contribution is 5.04. The molecule has 2 aliphatic rings. The largest absolute Gasteiger partial charge is 0.393 e. The Bertz CT molecular complexity index is 369. The van der Waals surface area contributed by atoms with Gasteiger partial charge >= 0.3 is 0 Å². The lowest BCUT2D eigenvalue weighted by Crippen LogP contribution is -2.26. The molecule has 2 fully saturated rings. The Kier molecular flexibility index (Phi) is 2.44. The molecule has 1 unspecified atom stereocenters. The predicted molar refractivity (Wildman–Crippen MR) is 54.8 cm³/mol. The topological polar surface area (TPSA) is 68.4 Å². The minimum absolute atomic E-state index is 0.0116. The Morgan fingerprint density at radius 2 is 2.19 bits per heavy atom. The molecule has 1 aromatic heterocycles. The molecule has 1 atom stereocenters. The zero-order valence-electron chi connectivity index (χ0n) is 9.30. The number of aliphatic hydroxyl groups is 1. The van der Waals surface area contributed by atoms with Gasteiger partial charge in [0, 0.05) is 13.0 Å². The summed E-state index contributed by atoms with van der Waals surface area (Å²) in [6, 6.07) is 0. The number of aromatic nitrogens is 2. The van der Waals surface area contributed by atoms with Crippen LogP contribution >= 0.6 is 0 Å². The molecular formula is C11H16N2O3. The van der Waals surface area contributed by atoms with Crippen LogP contribution in [0, 0.1) is 5.92 Å². The first-order chi connectivity index (χ1) is 7.78. The van der Waals surface area contributed by atoms with Crippen LogP contribution in [0.3, 0.4) is 0 Å². The van der Waals surface area contributed by atoms with Gasteiger partial charge in [0.25, 0.3) is 0 Å². The van der Waals surface area contributed by atoms with E-state index in [1.165, 1.54) is 12.8 Å². The van der Waals surface area contributed by atoms with Crippen LogP contribution in [0.1, 0.15) is 49.4 Å². The Morgan fingerprint density at radius 3 is 2.75 bits per heavy atom. The van der Waals surface area contributed by atoms with Gasteiger partial charge in [-0.25, -0.2) is 0 Å². The molecule has 0 spiro atoms. The zero-order chi connectivity index (χ0) is 11.1. The summed E-state index contributed by atoms with van der Waals surface area (Å²) in [6.45, 7) is 0. The summed E-state index contributed by atoms with van der Waals surface area (Å²) in [5, 5.41) is 13.2. The van der Waals surface area contributed by atoms with E-state index in [4.69, 9.17) is 9.26 Å². The molecular weight excluding hydrogens is 208 g/mol. The van der Waals surface area contributed by atoms with Crippen molar-refractivity contribution in [3.63, 3.8) is 0 Å². The third-order valence-corrected chi connectivity index (χ3v) is 3.48. The van der Waals surface area contributed by atoms with Gasteiger partial charge in [-0.2, -0.15) is 4.98 Å². The van der Waals surface area contributed by atoms with Gasteiger partial charge in [-0.3, -0.25) is 0 Å². The van der Waals surface area contributed by atoms with Crippen LogP contribution in [0.2, 0.25) is 0 Å². The second kappa shape index (κ2) is 3.82. The van der Waals surface area contributed by atoms with Gasteiger partial charge in [0.05, 0.1) is 6.10 Å². The van der Waals surface area contributed by atoms with Crippen molar-refractivity contribution in [1.29, 1.82) is 0 Å². The molecule has 2 saturated carbocycles. The first-order valence-corrected chi connectivity index (χ1v) is 5.82. The first kappa shape index (κ1) is 10.2. The van der Waals surface area contributed by atoms with Crippen LogP contribution in [-0.4, -0.2) is 28.5 Å². The molecule has 3 rings (SSSR count). The van der Waals surface area contributed by atoms with Crippen molar-refractivity contribution in [2.24, 2.45) is 5.92 Å². The minimum Gasteiger partial charge on any atom is -0.393 e. The lowest BCUT2D eigenvalue weighted by Gasteiger charge is -2.27. The maximum absolute atomic E-state index is 9.23. The molecule has 88 valence electrons. The Hall–Kier alpha value is -0.940. The normalized spacial score (nSPS) is 31.1. The van der Waals surface area contributed by atoms with Gasteiger partial charge in [0.2, 0.25) is 11.7 Å².